The van der Waals surface area contributed by atoms with E-state index >= 15 is 0 Å². The van der Waals surface area contributed by atoms with Gasteiger partial charge in [-0.05, 0) is 19.1 Å². The van der Waals surface area contributed by atoms with Gasteiger partial charge in [0.15, 0.2) is 0 Å². The third kappa shape index (κ3) is 2.78. The van der Waals surface area contributed by atoms with Gasteiger partial charge in [-0.3, -0.25) is 9.98 Å². The third-order valence-electron chi connectivity index (χ3n) is 2.40. The number of rotatable bonds is 2. The molecule has 0 aliphatic rings. The standard InChI is InChI=1S/C11H9F3N4O/c1-6(15-2)8-4-3-7(5-16-8)9-17-10(19-18-9)11(12,13)14/h3-5H,1-2H3. The van der Waals surface area contributed by atoms with Crippen molar-refractivity contribution >= 4 is 5.71 Å². The molecule has 0 bridgehead atoms. The van der Waals surface area contributed by atoms with Crippen molar-refractivity contribution in [1.82, 2.24) is 15.1 Å². The first-order valence-electron chi connectivity index (χ1n) is 5.23. The molecule has 8 heteroatoms. The molecule has 2 aromatic rings. The smallest absolute Gasteiger partial charge is 0.329 e. The Kier molecular flexibility index (Phi) is 3.32. The predicted octanol–water partition coefficient (Wildman–Crippen LogP) is 2.59. The van der Waals surface area contributed by atoms with Crippen LogP contribution in [-0.4, -0.2) is 27.9 Å². The minimum atomic E-state index is -4.65. The van der Waals surface area contributed by atoms with Gasteiger partial charge < -0.3 is 4.52 Å². The zero-order chi connectivity index (χ0) is 14.0. The number of alkyl halides is 3. The van der Waals surface area contributed by atoms with Crippen LogP contribution in [0.1, 0.15) is 18.5 Å². The first-order valence-corrected chi connectivity index (χ1v) is 5.23. The summed E-state index contributed by atoms with van der Waals surface area (Å²) in [6, 6.07) is 3.18. The van der Waals surface area contributed by atoms with E-state index in [-0.39, 0.29) is 5.82 Å². The quantitative estimate of drug-likeness (QED) is 0.787. The number of hydrogen-bond donors (Lipinski definition) is 0. The van der Waals surface area contributed by atoms with E-state index in [1.54, 1.807) is 26.1 Å². The molecule has 0 unspecified atom stereocenters. The van der Waals surface area contributed by atoms with E-state index in [0.29, 0.717) is 11.3 Å². The van der Waals surface area contributed by atoms with Crippen LogP contribution in [0.3, 0.4) is 0 Å². The normalized spacial score (nSPS) is 12.8. The maximum absolute atomic E-state index is 12.3. The SMILES string of the molecule is CN=C(C)c1ccc(-c2noc(C(F)(F)F)n2)cn1. The minimum absolute atomic E-state index is 0.155. The van der Waals surface area contributed by atoms with Crippen LogP contribution in [0.15, 0.2) is 27.8 Å². The Balaban J connectivity index is 2.30. The molecule has 0 fully saturated rings. The Bertz CT molecular complexity index is 601. The maximum Gasteiger partial charge on any atom is 0.471 e. The fourth-order valence-corrected chi connectivity index (χ4v) is 1.31. The second kappa shape index (κ2) is 4.79. The van der Waals surface area contributed by atoms with Crippen LogP contribution >= 0.6 is 0 Å². The van der Waals surface area contributed by atoms with E-state index in [9.17, 15) is 13.2 Å². The Morgan fingerprint density at radius 2 is 2.05 bits per heavy atom. The van der Waals surface area contributed by atoms with Gasteiger partial charge in [0.25, 0.3) is 0 Å². The van der Waals surface area contributed by atoms with Crippen LogP contribution in [0.4, 0.5) is 13.2 Å². The Hall–Kier alpha value is -2.25. The highest BCUT2D eigenvalue weighted by atomic mass is 19.4. The summed E-state index contributed by atoms with van der Waals surface area (Å²) in [6.45, 7) is 1.78. The fourth-order valence-electron chi connectivity index (χ4n) is 1.31. The maximum atomic E-state index is 12.3. The molecule has 0 saturated heterocycles. The lowest BCUT2D eigenvalue weighted by molar-refractivity contribution is -0.159. The van der Waals surface area contributed by atoms with Gasteiger partial charge in [0.05, 0.1) is 11.4 Å². The molecule has 0 radical (unpaired) electrons. The van der Waals surface area contributed by atoms with Gasteiger partial charge in [-0.1, -0.05) is 5.16 Å². The van der Waals surface area contributed by atoms with E-state index in [4.69, 9.17) is 0 Å². The molecule has 19 heavy (non-hydrogen) atoms. The van der Waals surface area contributed by atoms with Crippen molar-refractivity contribution in [3.8, 4) is 11.4 Å². The van der Waals surface area contributed by atoms with Crippen LogP contribution < -0.4 is 0 Å². The summed E-state index contributed by atoms with van der Waals surface area (Å²) in [5, 5.41) is 3.27. The molecule has 2 rings (SSSR count). The molecular formula is C11H9F3N4O. The summed E-state index contributed by atoms with van der Waals surface area (Å²) in [4.78, 5) is 11.3. The number of aromatic nitrogens is 3. The van der Waals surface area contributed by atoms with E-state index < -0.39 is 12.1 Å². The first kappa shape index (κ1) is 13.2. The van der Waals surface area contributed by atoms with Crippen molar-refractivity contribution in [2.75, 3.05) is 7.05 Å². The van der Waals surface area contributed by atoms with E-state index in [1.807, 2.05) is 0 Å². The Morgan fingerprint density at radius 1 is 1.32 bits per heavy atom. The molecule has 5 nitrogen and oxygen atoms in total. The second-order valence-corrected chi connectivity index (χ2v) is 3.66. The summed E-state index contributed by atoms with van der Waals surface area (Å²) >= 11 is 0. The van der Waals surface area contributed by atoms with Crippen LogP contribution in [0, 0.1) is 0 Å². The molecule has 0 N–H and O–H groups in total. The highest BCUT2D eigenvalue weighted by molar-refractivity contribution is 5.96. The zero-order valence-corrected chi connectivity index (χ0v) is 10.1. The third-order valence-corrected chi connectivity index (χ3v) is 2.40. The molecular weight excluding hydrogens is 261 g/mol. The van der Waals surface area contributed by atoms with Crippen molar-refractivity contribution in [3.05, 3.63) is 29.9 Å². The van der Waals surface area contributed by atoms with Crippen molar-refractivity contribution in [3.63, 3.8) is 0 Å². The summed E-state index contributed by atoms with van der Waals surface area (Å²) in [7, 11) is 1.62. The lowest BCUT2D eigenvalue weighted by Gasteiger charge is -1.99. The van der Waals surface area contributed by atoms with Crippen LogP contribution in [-0.2, 0) is 6.18 Å². The van der Waals surface area contributed by atoms with Crippen molar-refractivity contribution in [2.45, 2.75) is 13.1 Å². The second-order valence-electron chi connectivity index (χ2n) is 3.66. The van der Waals surface area contributed by atoms with Crippen LogP contribution in [0.5, 0.6) is 0 Å². The molecule has 100 valence electrons. The van der Waals surface area contributed by atoms with Crippen LogP contribution in [0.2, 0.25) is 0 Å². The lowest BCUT2D eigenvalue weighted by atomic mass is 10.2. The van der Waals surface area contributed by atoms with Gasteiger partial charge >= 0.3 is 12.1 Å². The molecule has 2 heterocycles. The first-order chi connectivity index (χ1) is 8.91. The van der Waals surface area contributed by atoms with Gasteiger partial charge in [0.1, 0.15) is 0 Å². The van der Waals surface area contributed by atoms with Gasteiger partial charge in [-0.2, -0.15) is 18.2 Å². The number of aliphatic imine (C=N–C) groups is 1. The van der Waals surface area contributed by atoms with E-state index in [0.717, 1.165) is 5.71 Å². The van der Waals surface area contributed by atoms with Crippen LogP contribution in [0.25, 0.3) is 11.4 Å². The summed E-state index contributed by atoms with van der Waals surface area (Å²) < 4.78 is 41.1. The van der Waals surface area contributed by atoms with Gasteiger partial charge in [-0.15, -0.1) is 0 Å². The summed E-state index contributed by atoms with van der Waals surface area (Å²) in [5.74, 6) is -1.53. The predicted molar refractivity (Wildman–Crippen MR) is 60.7 cm³/mol. The van der Waals surface area contributed by atoms with Gasteiger partial charge in [0.2, 0.25) is 5.82 Å². The fraction of sp³-hybridized carbons (Fsp3) is 0.273. The number of hydrogen-bond acceptors (Lipinski definition) is 5. The molecule has 0 saturated carbocycles. The average molecular weight is 270 g/mol. The number of halogens is 3. The topological polar surface area (TPSA) is 64.2 Å². The largest absolute Gasteiger partial charge is 0.471 e. The van der Waals surface area contributed by atoms with Crippen molar-refractivity contribution < 1.29 is 17.7 Å². The van der Waals surface area contributed by atoms with Gasteiger partial charge in [0, 0.05) is 18.8 Å². The summed E-state index contributed by atoms with van der Waals surface area (Å²) in [5.41, 5.74) is 1.69. The van der Waals surface area contributed by atoms with Crippen molar-refractivity contribution in [1.29, 1.82) is 0 Å². The Morgan fingerprint density at radius 3 is 2.53 bits per heavy atom. The molecule has 0 amide bonds. The molecule has 0 aromatic carbocycles. The molecule has 0 aliphatic carbocycles. The van der Waals surface area contributed by atoms with Crippen molar-refractivity contribution in [2.24, 2.45) is 4.99 Å². The van der Waals surface area contributed by atoms with Gasteiger partial charge in [-0.25, -0.2) is 0 Å². The average Bonchev–Trinajstić information content (AvgIpc) is 2.87. The monoisotopic (exact) mass is 270 g/mol. The minimum Gasteiger partial charge on any atom is -0.329 e. The van der Waals surface area contributed by atoms with E-state index in [1.165, 1.54) is 6.20 Å². The highest BCUT2D eigenvalue weighted by Gasteiger charge is 2.38. The number of nitrogens with zero attached hydrogens (tertiary/aromatic N) is 4. The molecule has 2 aromatic heterocycles. The summed E-state index contributed by atoms with van der Waals surface area (Å²) in [6.07, 6.45) is -3.28. The number of pyridine rings is 1. The van der Waals surface area contributed by atoms with E-state index in [2.05, 4.69) is 24.6 Å². The molecule has 0 aliphatic heterocycles. The molecule has 0 spiro atoms. The lowest BCUT2D eigenvalue weighted by Crippen LogP contribution is -2.04. The molecule has 0 atom stereocenters. The Labute approximate surface area is 106 Å². The highest BCUT2D eigenvalue weighted by Crippen LogP contribution is 2.29. The zero-order valence-electron chi connectivity index (χ0n) is 10.1.